The van der Waals surface area contributed by atoms with E-state index in [-0.39, 0.29) is 11.7 Å². The molecule has 0 radical (unpaired) electrons. The topological polar surface area (TPSA) is 72.4 Å². The van der Waals surface area contributed by atoms with Gasteiger partial charge in [0.15, 0.2) is 5.76 Å². The number of thioether (sulfide) groups is 1. The second-order valence-electron chi connectivity index (χ2n) is 5.91. The number of amides is 1. The molecule has 0 saturated heterocycles. The fourth-order valence-electron chi connectivity index (χ4n) is 2.93. The lowest BCUT2D eigenvalue weighted by Gasteiger charge is -2.30. The molecular weight excluding hydrogens is 394 g/mol. The van der Waals surface area contributed by atoms with E-state index in [0.717, 1.165) is 21.2 Å². The number of fused-ring (bicyclic) bond motifs is 2. The second-order valence-corrected chi connectivity index (χ2v) is 7.92. The summed E-state index contributed by atoms with van der Waals surface area (Å²) in [5, 5.41) is 8.28. The third-order valence-corrected chi connectivity index (χ3v) is 6.07. The minimum atomic E-state index is -0.0528. The number of aromatic nitrogens is 2. The monoisotopic (exact) mass is 407 g/mol. The summed E-state index contributed by atoms with van der Waals surface area (Å²) in [5.74, 6) is 0.919. The van der Waals surface area contributed by atoms with Crippen LogP contribution in [0.5, 0.6) is 0 Å². The molecule has 3 heterocycles. The molecule has 8 heteroatoms. The Bertz CT molecular complexity index is 1100. The van der Waals surface area contributed by atoms with Gasteiger partial charge in [0, 0.05) is 9.79 Å². The summed E-state index contributed by atoms with van der Waals surface area (Å²) in [4.78, 5) is 17.0. The van der Waals surface area contributed by atoms with E-state index in [1.165, 1.54) is 11.8 Å². The molecule has 1 aliphatic rings. The van der Waals surface area contributed by atoms with Crippen molar-refractivity contribution in [3.8, 4) is 11.7 Å². The maximum absolute atomic E-state index is 13.1. The molecule has 138 valence electrons. The van der Waals surface area contributed by atoms with Gasteiger partial charge in [-0.05, 0) is 36.4 Å². The summed E-state index contributed by atoms with van der Waals surface area (Å²) in [6.45, 7) is 0. The van der Waals surface area contributed by atoms with Crippen LogP contribution in [0.3, 0.4) is 0 Å². The van der Waals surface area contributed by atoms with Gasteiger partial charge in [-0.2, -0.15) is 0 Å². The molecule has 1 aliphatic heterocycles. The van der Waals surface area contributed by atoms with Crippen LogP contribution in [0.1, 0.15) is 0 Å². The van der Waals surface area contributed by atoms with Gasteiger partial charge in [0.1, 0.15) is 0 Å². The van der Waals surface area contributed by atoms with Crippen LogP contribution >= 0.6 is 23.5 Å². The number of anilines is 2. The Morgan fingerprint density at radius 2 is 1.68 bits per heavy atom. The molecule has 2 aromatic heterocycles. The standard InChI is InChI=1S/C20H13N3O3S2/c24-18(12-27-20-22-21-19(26-20)15-8-5-11-25-15)23-13-6-1-3-9-16(13)28-17-10-4-2-7-14(17)23/h1-11H,12H2. The number of furan rings is 1. The van der Waals surface area contributed by atoms with Crippen LogP contribution in [0.2, 0.25) is 0 Å². The Hall–Kier alpha value is -2.97. The first-order valence-electron chi connectivity index (χ1n) is 8.48. The Morgan fingerprint density at radius 1 is 0.964 bits per heavy atom. The molecule has 0 fully saturated rings. The molecule has 5 rings (SSSR count). The van der Waals surface area contributed by atoms with Crippen LogP contribution in [0.4, 0.5) is 11.4 Å². The van der Waals surface area contributed by atoms with Crippen molar-refractivity contribution >= 4 is 40.8 Å². The zero-order valence-electron chi connectivity index (χ0n) is 14.4. The number of carbonyl (C=O) groups is 1. The van der Waals surface area contributed by atoms with E-state index in [9.17, 15) is 4.79 Å². The fraction of sp³-hybridized carbons (Fsp3) is 0.0500. The van der Waals surface area contributed by atoms with Crippen LogP contribution in [-0.2, 0) is 4.79 Å². The van der Waals surface area contributed by atoms with Crippen LogP contribution in [-0.4, -0.2) is 21.9 Å². The summed E-state index contributed by atoms with van der Waals surface area (Å²) < 4.78 is 10.8. The van der Waals surface area contributed by atoms with E-state index in [1.54, 1.807) is 35.1 Å². The van der Waals surface area contributed by atoms with Crippen LogP contribution in [0.25, 0.3) is 11.7 Å². The highest BCUT2D eigenvalue weighted by molar-refractivity contribution is 8.00. The number of hydrogen-bond donors (Lipinski definition) is 0. The number of benzene rings is 2. The van der Waals surface area contributed by atoms with Crippen LogP contribution in [0.15, 0.2) is 90.8 Å². The lowest BCUT2D eigenvalue weighted by atomic mass is 10.2. The van der Waals surface area contributed by atoms with Gasteiger partial charge < -0.3 is 8.83 Å². The maximum atomic E-state index is 13.1. The molecule has 0 atom stereocenters. The van der Waals surface area contributed by atoms with E-state index >= 15 is 0 Å². The van der Waals surface area contributed by atoms with Crippen molar-refractivity contribution in [3.63, 3.8) is 0 Å². The Morgan fingerprint density at radius 3 is 2.36 bits per heavy atom. The molecular formula is C20H13N3O3S2. The van der Waals surface area contributed by atoms with E-state index < -0.39 is 0 Å². The summed E-state index contributed by atoms with van der Waals surface area (Å²) in [7, 11) is 0. The van der Waals surface area contributed by atoms with Crippen molar-refractivity contribution in [2.45, 2.75) is 15.0 Å². The molecule has 4 aromatic rings. The third-order valence-electron chi connectivity index (χ3n) is 4.14. The van der Waals surface area contributed by atoms with Gasteiger partial charge >= 0.3 is 0 Å². The molecule has 1 amide bonds. The highest BCUT2D eigenvalue weighted by atomic mass is 32.2. The van der Waals surface area contributed by atoms with E-state index in [1.807, 2.05) is 48.5 Å². The average Bonchev–Trinajstić information content (AvgIpc) is 3.42. The molecule has 6 nitrogen and oxygen atoms in total. The van der Waals surface area contributed by atoms with E-state index in [2.05, 4.69) is 10.2 Å². The normalized spacial score (nSPS) is 12.5. The molecule has 0 N–H and O–H groups in total. The molecule has 2 aromatic carbocycles. The number of rotatable bonds is 4. The van der Waals surface area contributed by atoms with E-state index in [4.69, 9.17) is 8.83 Å². The van der Waals surface area contributed by atoms with Gasteiger partial charge in [-0.25, -0.2) is 0 Å². The lowest BCUT2D eigenvalue weighted by molar-refractivity contribution is -0.115. The first kappa shape index (κ1) is 17.2. The Labute approximate surface area is 168 Å². The summed E-state index contributed by atoms with van der Waals surface area (Å²) >= 11 is 2.88. The molecule has 0 unspecified atom stereocenters. The smallest absolute Gasteiger partial charge is 0.284 e. The van der Waals surface area contributed by atoms with Crippen molar-refractivity contribution in [1.82, 2.24) is 10.2 Å². The van der Waals surface area contributed by atoms with Crippen molar-refractivity contribution < 1.29 is 13.6 Å². The fourth-order valence-corrected chi connectivity index (χ4v) is 4.60. The number of nitrogens with zero attached hydrogens (tertiary/aromatic N) is 3. The lowest BCUT2D eigenvalue weighted by Crippen LogP contribution is -2.29. The molecule has 0 aliphatic carbocycles. The highest BCUT2D eigenvalue weighted by Gasteiger charge is 2.28. The van der Waals surface area contributed by atoms with Gasteiger partial charge in [-0.15, -0.1) is 10.2 Å². The van der Waals surface area contributed by atoms with Gasteiger partial charge in [0.2, 0.25) is 5.91 Å². The minimum Gasteiger partial charge on any atom is -0.459 e. The Kier molecular flexibility index (Phi) is 4.42. The van der Waals surface area contributed by atoms with Crippen molar-refractivity contribution in [2.75, 3.05) is 10.7 Å². The molecule has 0 spiro atoms. The minimum absolute atomic E-state index is 0.0528. The maximum Gasteiger partial charge on any atom is 0.284 e. The zero-order chi connectivity index (χ0) is 18.9. The van der Waals surface area contributed by atoms with Gasteiger partial charge in [-0.1, -0.05) is 47.8 Å². The van der Waals surface area contributed by atoms with Crippen molar-refractivity contribution in [3.05, 3.63) is 66.9 Å². The van der Waals surface area contributed by atoms with Crippen molar-refractivity contribution in [1.29, 1.82) is 0 Å². The highest BCUT2D eigenvalue weighted by Crippen LogP contribution is 2.48. The predicted molar refractivity (Wildman–Crippen MR) is 107 cm³/mol. The van der Waals surface area contributed by atoms with Gasteiger partial charge in [-0.3, -0.25) is 9.69 Å². The van der Waals surface area contributed by atoms with Crippen molar-refractivity contribution in [2.24, 2.45) is 0 Å². The SMILES string of the molecule is O=C(CSc1nnc(-c2ccco2)o1)N1c2ccccc2Sc2ccccc21. The number of hydrogen-bond acceptors (Lipinski definition) is 7. The van der Waals surface area contributed by atoms with Gasteiger partial charge in [0.25, 0.3) is 11.1 Å². The molecule has 28 heavy (non-hydrogen) atoms. The van der Waals surface area contributed by atoms with Crippen LogP contribution in [0, 0.1) is 0 Å². The van der Waals surface area contributed by atoms with Gasteiger partial charge in [0.05, 0.1) is 23.4 Å². The quantitative estimate of drug-likeness (QED) is 0.428. The van der Waals surface area contributed by atoms with Crippen LogP contribution < -0.4 is 4.90 Å². The first-order chi connectivity index (χ1) is 13.8. The molecule has 0 saturated carbocycles. The summed E-state index contributed by atoms with van der Waals surface area (Å²) in [5.41, 5.74) is 1.78. The first-order valence-corrected chi connectivity index (χ1v) is 10.3. The summed E-state index contributed by atoms with van der Waals surface area (Å²) in [6.07, 6.45) is 1.54. The predicted octanol–water partition coefficient (Wildman–Crippen LogP) is 5.25. The second kappa shape index (κ2) is 7.21. The van der Waals surface area contributed by atoms with E-state index in [0.29, 0.717) is 16.9 Å². The number of carbonyl (C=O) groups excluding carboxylic acids is 1. The average molecular weight is 407 g/mol. The summed E-state index contributed by atoms with van der Waals surface area (Å²) in [6, 6.07) is 19.3. The largest absolute Gasteiger partial charge is 0.459 e. The molecule has 0 bridgehead atoms. The number of para-hydroxylation sites is 2. The zero-order valence-corrected chi connectivity index (χ0v) is 16.1. The Balaban J connectivity index is 1.38. The third kappa shape index (κ3) is 3.10.